The maximum atomic E-state index is 9.35. The fourth-order valence-corrected chi connectivity index (χ4v) is 1.81. The summed E-state index contributed by atoms with van der Waals surface area (Å²) < 4.78 is 0. The van der Waals surface area contributed by atoms with Crippen LogP contribution >= 0.6 is 0 Å². The molecule has 2 atom stereocenters. The Morgan fingerprint density at radius 1 is 1.45 bits per heavy atom. The van der Waals surface area contributed by atoms with Gasteiger partial charge in [-0.05, 0) is 38.5 Å². The highest BCUT2D eigenvalue weighted by Crippen LogP contribution is 2.26. The van der Waals surface area contributed by atoms with Gasteiger partial charge in [-0.3, -0.25) is 0 Å². The Hall–Kier alpha value is -0.300. The zero-order valence-electron chi connectivity index (χ0n) is 7.29. The Bertz CT molecular complexity index is 129. The van der Waals surface area contributed by atoms with Gasteiger partial charge < -0.3 is 5.11 Å². The molecule has 0 aromatic rings. The maximum Gasteiger partial charge on any atom is 0.0543 e. The minimum absolute atomic E-state index is 0.0148. The lowest BCUT2D eigenvalue weighted by Crippen LogP contribution is -2.18. The summed E-state index contributed by atoms with van der Waals surface area (Å²) in [5, 5.41) is 9.35. The molecule has 0 aromatic heterocycles. The van der Waals surface area contributed by atoms with Crippen molar-refractivity contribution in [1.29, 1.82) is 0 Å². The van der Waals surface area contributed by atoms with Crippen LogP contribution in [0.25, 0.3) is 0 Å². The van der Waals surface area contributed by atoms with E-state index < -0.39 is 0 Å². The van der Waals surface area contributed by atoms with Crippen LogP contribution in [-0.2, 0) is 0 Å². The van der Waals surface area contributed by atoms with E-state index in [1.54, 1.807) is 0 Å². The van der Waals surface area contributed by atoms with Crippen molar-refractivity contribution in [3.63, 3.8) is 0 Å². The zero-order valence-corrected chi connectivity index (χ0v) is 7.29. The van der Waals surface area contributed by atoms with Crippen molar-refractivity contribution in [1.82, 2.24) is 0 Å². The lowest BCUT2D eigenvalue weighted by Gasteiger charge is -2.24. The molecular weight excluding hydrogens is 136 g/mol. The van der Waals surface area contributed by atoms with E-state index in [-0.39, 0.29) is 6.10 Å². The van der Waals surface area contributed by atoms with E-state index in [2.05, 4.69) is 19.1 Å². The van der Waals surface area contributed by atoms with Crippen molar-refractivity contribution >= 4 is 0 Å². The first-order chi connectivity index (χ1) is 5.33. The van der Waals surface area contributed by atoms with Crippen LogP contribution in [0, 0.1) is 5.92 Å². The maximum absolute atomic E-state index is 9.35. The van der Waals surface area contributed by atoms with Crippen molar-refractivity contribution in [3.05, 3.63) is 12.2 Å². The van der Waals surface area contributed by atoms with E-state index in [1.165, 1.54) is 12.8 Å². The van der Waals surface area contributed by atoms with E-state index in [0.29, 0.717) is 0 Å². The van der Waals surface area contributed by atoms with E-state index in [9.17, 15) is 5.11 Å². The zero-order chi connectivity index (χ0) is 8.10. The van der Waals surface area contributed by atoms with Gasteiger partial charge in [-0.25, -0.2) is 0 Å². The smallest absolute Gasteiger partial charge is 0.0543 e. The van der Waals surface area contributed by atoms with Gasteiger partial charge in [0.1, 0.15) is 0 Å². The van der Waals surface area contributed by atoms with Crippen LogP contribution in [0.5, 0.6) is 0 Å². The summed E-state index contributed by atoms with van der Waals surface area (Å²) in [4.78, 5) is 0. The highest BCUT2D eigenvalue weighted by molar-refractivity contribution is 4.83. The highest BCUT2D eigenvalue weighted by Gasteiger charge is 2.18. The van der Waals surface area contributed by atoms with Gasteiger partial charge in [-0.1, -0.05) is 18.6 Å². The van der Waals surface area contributed by atoms with Crippen LogP contribution in [0.15, 0.2) is 12.2 Å². The molecule has 64 valence electrons. The standard InChI is InChI=1S/C10H18O/c1-2-3-5-9-6-4-7-10(11)8-9/h2-3,9-11H,4-8H2,1H3. The van der Waals surface area contributed by atoms with Gasteiger partial charge in [0.05, 0.1) is 6.10 Å². The molecule has 11 heavy (non-hydrogen) atoms. The molecule has 0 spiro atoms. The van der Waals surface area contributed by atoms with Gasteiger partial charge in [-0.2, -0.15) is 0 Å². The fourth-order valence-electron chi connectivity index (χ4n) is 1.81. The van der Waals surface area contributed by atoms with Gasteiger partial charge >= 0.3 is 0 Å². The summed E-state index contributed by atoms with van der Waals surface area (Å²) in [5.41, 5.74) is 0. The van der Waals surface area contributed by atoms with Crippen LogP contribution in [0.3, 0.4) is 0 Å². The summed E-state index contributed by atoms with van der Waals surface area (Å²) in [5.74, 6) is 0.745. The molecule has 1 heteroatoms. The largest absolute Gasteiger partial charge is 0.393 e. The van der Waals surface area contributed by atoms with Crippen LogP contribution in [0.4, 0.5) is 0 Å². The molecule has 1 saturated carbocycles. The number of aliphatic hydroxyl groups excluding tert-OH is 1. The van der Waals surface area contributed by atoms with Crippen LogP contribution < -0.4 is 0 Å². The average molecular weight is 154 g/mol. The van der Waals surface area contributed by atoms with Gasteiger partial charge in [0, 0.05) is 0 Å². The molecule has 0 aromatic carbocycles. The SMILES string of the molecule is CC=CCC1CCCC(O)C1. The van der Waals surface area contributed by atoms with Crippen molar-refractivity contribution in [2.45, 2.75) is 45.1 Å². The number of hydrogen-bond acceptors (Lipinski definition) is 1. The molecule has 1 fully saturated rings. The Morgan fingerprint density at radius 3 is 2.91 bits per heavy atom. The molecule has 1 nitrogen and oxygen atoms in total. The van der Waals surface area contributed by atoms with Gasteiger partial charge in [0.15, 0.2) is 0 Å². The minimum Gasteiger partial charge on any atom is -0.393 e. The van der Waals surface area contributed by atoms with E-state index in [0.717, 1.165) is 25.2 Å². The van der Waals surface area contributed by atoms with Crippen molar-refractivity contribution < 1.29 is 5.11 Å². The molecule has 1 N–H and O–H groups in total. The molecule has 2 unspecified atom stereocenters. The molecular formula is C10H18O. The number of aliphatic hydroxyl groups is 1. The molecule has 1 rings (SSSR count). The van der Waals surface area contributed by atoms with Gasteiger partial charge in [0.25, 0.3) is 0 Å². The van der Waals surface area contributed by atoms with E-state index in [4.69, 9.17) is 0 Å². The Morgan fingerprint density at radius 2 is 2.27 bits per heavy atom. The summed E-state index contributed by atoms with van der Waals surface area (Å²) in [7, 11) is 0. The second kappa shape index (κ2) is 4.55. The second-order valence-corrected chi connectivity index (χ2v) is 3.49. The number of allylic oxidation sites excluding steroid dienone is 2. The molecule has 0 radical (unpaired) electrons. The topological polar surface area (TPSA) is 20.2 Å². The lowest BCUT2D eigenvalue weighted by molar-refractivity contribution is 0.102. The van der Waals surface area contributed by atoms with Crippen LogP contribution in [0.2, 0.25) is 0 Å². The Kier molecular flexibility index (Phi) is 3.64. The van der Waals surface area contributed by atoms with Crippen molar-refractivity contribution in [3.8, 4) is 0 Å². The first-order valence-electron chi connectivity index (χ1n) is 4.62. The Balaban J connectivity index is 2.22. The molecule has 0 aliphatic heterocycles. The molecule has 0 bridgehead atoms. The molecule has 1 aliphatic rings. The second-order valence-electron chi connectivity index (χ2n) is 3.49. The minimum atomic E-state index is -0.0148. The average Bonchev–Trinajstić information content (AvgIpc) is 2.01. The summed E-state index contributed by atoms with van der Waals surface area (Å²) >= 11 is 0. The quantitative estimate of drug-likeness (QED) is 0.606. The Labute approximate surface area is 69.1 Å². The number of hydrogen-bond donors (Lipinski definition) is 1. The van der Waals surface area contributed by atoms with Gasteiger partial charge in [-0.15, -0.1) is 0 Å². The summed E-state index contributed by atoms with van der Waals surface area (Å²) in [6.45, 7) is 2.05. The predicted octanol–water partition coefficient (Wildman–Crippen LogP) is 2.50. The monoisotopic (exact) mass is 154 g/mol. The molecule has 0 saturated heterocycles. The lowest BCUT2D eigenvalue weighted by atomic mass is 9.85. The third-order valence-corrected chi connectivity index (χ3v) is 2.46. The molecule has 0 amide bonds. The van der Waals surface area contributed by atoms with Crippen molar-refractivity contribution in [2.75, 3.05) is 0 Å². The normalized spacial score (nSPS) is 32.9. The molecule has 0 heterocycles. The summed E-state index contributed by atoms with van der Waals surface area (Å²) in [6.07, 6.45) is 10.0. The predicted molar refractivity (Wildman–Crippen MR) is 47.4 cm³/mol. The summed E-state index contributed by atoms with van der Waals surface area (Å²) in [6, 6.07) is 0. The molecule has 1 aliphatic carbocycles. The van der Waals surface area contributed by atoms with E-state index in [1.807, 2.05) is 0 Å². The third-order valence-electron chi connectivity index (χ3n) is 2.46. The first-order valence-corrected chi connectivity index (χ1v) is 4.62. The highest BCUT2D eigenvalue weighted by atomic mass is 16.3. The van der Waals surface area contributed by atoms with Crippen LogP contribution in [0.1, 0.15) is 39.0 Å². The number of rotatable bonds is 2. The fraction of sp³-hybridized carbons (Fsp3) is 0.800. The van der Waals surface area contributed by atoms with E-state index >= 15 is 0 Å². The third kappa shape index (κ3) is 3.06. The van der Waals surface area contributed by atoms with Crippen LogP contribution in [-0.4, -0.2) is 11.2 Å². The van der Waals surface area contributed by atoms with Gasteiger partial charge in [0.2, 0.25) is 0 Å². The van der Waals surface area contributed by atoms with Crippen molar-refractivity contribution in [2.24, 2.45) is 5.92 Å². The first kappa shape index (κ1) is 8.79.